The third-order valence-corrected chi connectivity index (χ3v) is 3.24. The van der Waals surface area contributed by atoms with Gasteiger partial charge in [-0.15, -0.1) is 0 Å². The van der Waals surface area contributed by atoms with Crippen LogP contribution in [0, 0.1) is 5.41 Å². The molecule has 0 spiro atoms. The van der Waals surface area contributed by atoms with Crippen LogP contribution in [-0.2, 0) is 4.79 Å². The topological polar surface area (TPSA) is 65.5 Å². The lowest BCUT2D eigenvalue weighted by molar-refractivity contribution is -0.121. The van der Waals surface area contributed by atoms with Gasteiger partial charge in [-0.05, 0) is 18.3 Å². The molecule has 0 bridgehead atoms. The van der Waals surface area contributed by atoms with E-state index in [1.165, 1.54) is 12.8 Å². The number of aliphatic imine (C=N–C) groups is 1. The number of rotatable bonds is 8. The predicted octanol–water partition coefficient (Wildman–Crippen LogP) is 1.65. The minimum absolute atomic E-state index is 0.156. The van der Waals surface area contributed by atoms with E-state index in [9.17, 15) is 4.79 Å². The SMILES string of the molecule is CC(C)(C)CCCCCC(=O)NCCNC1=NCCN1. The van der Waals surface area contributed by atoms with Gasteiger partial charge in [0.1, 0.15) is 0 Å². The molecule has 0 aromatic carbocycles. The highest BCUT2D eigenvalue weighted by atomic mass is 16.1. The second kappa shape index (κ2) is 8.82. The lowest BCUT2D eigenvalue weighted by Gasteiger charge is -2.17. The van der Waals surface area contributed by atoms with Gasteiger partial charge in [0.2, 0.25) is 5.91 Å². The Labute approximate surface area is 123 Å². The Bertz CT molecular complexity index is 320. The van der Waals surface area contributed by atoms with E-state index in [4.69, 9.17) is 0 Å². The van der Waals surface area contributed by atoms with Crippen LogP contribution in [0.5, 0.6) is 0 Å². The van der Waals surface area contributed by atoms with Crippen molar-refractivity contribution >= 4 is 11.9 Å². The highest BCUT2D eigenvalue weighted by molar-refractivity contribution is 5.81. The van der Waals surface area contributed by atoms with E-state index in [1.54, 1.807) is 0 Å². The molecule has 0 atom stereocenters. The number of carbonyl (C=O) groups excluding carboxylic acids is 1. The van der Waals surface area contributed by atoms with Crippen LogP contribution >= 0.6 is 0 Å². The van der Waals surface area contributed by atoms with Crippen LogP contribution in [0.3, 0.4) is 0 Å². The fraction of sp³-hybridized carbons (Fsp3) is 0.867. The standard InChI is InChI=1S/C15H30N4O/c1-15(2,3)8-6-4-5-7-13(20)16-9-10-17-14-18-11-12-19-14/h4-12H2,1-3H3,(H,16,20)(H2,17,18,19). The summed E-state index contributed by atoms with van der Waals surface area (Å²) in [4.78, 5) is 15.8. The summed E-state index contributed by atoms with van der Waals surface area (Å²) in [5.74, 6) is 1.00. The highest BCUT2D eigenvalue weighted by Gasteiger charge is 2.09. The Morgan fingerprint density at radius 2 is 2.05 bits per heavy atom. The Hall–Kier alpha value is -1.26. The minimum Gasteiger partial charge on any atom is -0.355 e. The van der Waals surface area contributed by atoms with Crippen molar-refractivity contribution in [3.05, 3.63) is 0 Å². The van der Waals surface area contributed by atoms with Crippen molar-refractivity contribution in [1.29, 1.82) is 0 Å². The molecule has 0 unspecified atom stereocenters. The van der Waals surface area contributed by atoms with Crippen LogP contribution in [0.1, 0.15) is 52.9 Å². The van der Waals surface area contributed by atoms with Gasteiger partial charge in [0, 0.05) is 26.1 Å². The molecule has 0 fully saturated rings. The van der Waals surface area contributed by atoms with E-state index in [-0.39, 0.29) is 5.91 Å². The van der Waals surface area contributed by atoms with Gasteiger partial charge in [0.05, 0.1) is 6.54 Å². The smallest absolute Gasteiger partial charge is 0.220 e. The molecule has 0 aromatic rings. The summed E-state index contributed by atoms with van der Waals surface area (Å²) in [6, 6.07) is 0. The lowest BCUT2D eigenvalue weighted by atomic mass is 9.89. The summed E-state index contributed by atoms with van der Waals surface area (Å²) in [6.07, 6.45) is 5.22. The van der Waals surface area contributed by atoms with Crippen LogP contribution < -0.4 is 16.0 Å². The first-order valence-corrected chi connectivity index (χ1v) is 7.76. The maximum absolute atomic E-state index is 11.6. The van der Waals surface area contributed by atoms with E-state index >= 15 is 0 Å². The van der Waals surface area contributed by atoms with E-state index < -0.39 is 0 Å². The third-order valence-electron chi connectivity index (χ3n) is 3.24. The van der Waals surface area contributed by atoms with Crippen molar-refractivity contribution in [3.63, 3.8) is 0 Å². The summed E-state index contributed by atoms with van der Waals surface area (Å²) >= 11 is 0. The Balaban J connectivity index is 1.90. The number of nitrogens with one attached hydrogen (secondary N) is 3. The first kappa shape index (κ1) is 16.8. The fourth-order valence-corrected chi connectivity index (χ4v) is 2.11. The van der Waals surface area contributed by atoms with Gasteiger partial charge >= 0.3 is 0 Å². The van der Waals surface area contributed by atoms with Crippen LogP contribution in [0.4, 0.5) is 0 Å². The summed E-state index contributed by atoms with van der Waals surface area (Å²) in [7, 11) is 0. The van der Waals surface area contributed by atoms with Crippen molar-refractivity contribution in [2.75, 3.05) is 26.2 Å². The quantitative estimate of drug-likeness (QED) is 0.593. The Morgan fingerprint density at radius 1 is 1.25 bits per heavy atom. The number of hydrogen-bond acceptors (Lipinski definition) is 4. The molecule has 0 radical (unpaired) electrons. The van der Waals surface area contributed by atoms with Gasteiger partial charge in [-0.2, -0.15) is 0 Å². The molecule has 1 amide bonds. The number of nitrogens with zero attached hydrogens (tertiary/aromatic N) is 1. The van der Waals surface area contributed by atoms with Gasteiger partial charge in [-0.25, -0.2) is 0 Å². The summed E-state index contributed by atoms with van der Waals surface area (Å²) in [5, 5.41) is 9.21. The van der Waals surface area contributed by atoms with Gasteiger partial charge < -0.3 is 16.0 Å². The van der Waals surface area contributed by atoms with Gasteiger partial charge in [0.15, 0.2) is 5.96 Å². The second-order valence-electron chi connectivity index (χ2n) is 6.56. The predicted molar refractivity (Wildman–Crippen MR) is 83.9 cm³/mol. The molecule has 5 heteroatoms. The highest BCUT2D eigenvalue weighted by Crippen LogP contribution is 2.22. The average molecular weight is 282 g/mol. The number of hydrogen-bond donors (Lipinski definition) is 3. The fourth-order valence-electron chi connectivity index (χ4n) is 2.11. The van der Waals surface area contributed by atoms with Gasteiger partial charge in [-0.3, -0.25) is 9.79 Å². The molecule has 0 aliphatic carbocycles. The monoisotopic (exact) mass is 282 g/mol. The second-order valence-corrected chi connectivity index (χ2v) is 6.56. The molecular weight excluding hydrogens is 252 g/mol. The van der Waals surface area contributed by atoms with Crippen LogP contribution in [0.25, 0.3) is 0 Å². The van der Waals surface area contributed by atoms with Crippen molar-refractivity contribution < 1.29 is 4.79 Å². The van der Waals surface area contributed by atoms with Crippen molar-refractivity contribution in [1.82, 2.24) is 16.0 Å². The van der Waals surface area contributed by atoms with Gasteiger partial charge in [0.25, 0.3) is 0 Å². The molecule has 1 aliphatic rings. The minimum atomic E-state index is 0.156. The van der Waals surface area contributed by atoms with Crippen LogP contribution in [0.2, 0.25) is 0 Å². The molecule has 5 nitrogen and oxygen atoms in total. The number of guanidine groups is 1. The maximum atomic E-state index is 11.6. The molecule has 116 valence electrons. The normalized spacial score (nSPS) is 14.7. The first-order valence-electron chi connectivity index (χ1n) is 7.76. The van der Waals surface area contributed by atoms with E-state index in [0.717, 1.165) is 38.4 Å². The van der Waals surface area contributed by atoms with E-state index in [0.29, 0.717) is 18.4 Å². The summed E-state index contributed by atoms with van der Waals surface area (Å²) < 4.78 is 0. The third kappa shape index (κ3) is 8.77. The van der Waals surface area contributed by atoms with Crippen molar-refractivity contribution in [3.8, 4) is 0 Å². The Kier molecular flexibility index (Phi) is 7.41. The number of carbonyl (C=O) groups is 1. The molecule has 0 saturated heterocycles. The van der Waals surface area contributed by atoms with Crippen molar-refractivity contribution in [2.24, 2.45) is 10.4 Å². The molecular formula is C15H30N4O. The first-order chi connectivity index (χ1) is 9.47. The molecule has 0 saturated carbocycles. The lowest BCUT2D eigenvalue weighted by Crippen LogP contribution is -2.39. The van der Waals surface area contributed by atoms with Crippen LogP contribution in [-0.4, -0.2) is 38.0 Å². The van der Waals surface area contributed by atoms with Crippen molar-refractivity contribution in [2.45, 2.75) is 52.9 Å². The zero-order valence-electron chi connectivity index (χ0n) is 13.2. The molecule has 3 N–H and O–H groups in total. The zero-order valence-corrected chi connectivity index (χ0v) is 13.2. The molecule has 1 rings (SSSR count). The number of amides is 1. The largest absolute Gasteiger partial charge is 0.355 e. The number of unbranched alkanes of at least 4 members (excludes halogenated alkanes) is 2. The molecule has 1 aliphatic heterocycles. The molecule has 20 heavy (non-hydrogen) atoms. The maximum Gasteiger partial charge on any atom is 0.220 e. The van der Waals surface area contributed by atoms with E-state index in [2.05, 4.69) is 41.7 Å². The average Bonchev–Trinajstić information content (AvgIpc) is 2.86. The zero-order chi connectivity index (χ0) is 14.8. The van der Waals surface area contributed by atoms with E-state index in [1.807, 2.05) is 0 Å². The summed E-state index contributed by atoms with van der Waals surface area (Å²) in [6.45, 7) is 9.90. The van der Waals surface area contributed by atoms with Crippen LogP contribution in [0.15, 0.2) is 4.99 Å². The summed E-state index contributed by atoms with van der Waals surface area (Å²) in [5.41, 5.74) is 0.408. The molecule has 0 aromatic heterocycles. The van der Waals surface area contributed by atoms with Gasteiger partial charge in [-0.1, -0.05) is 33.6 Å². The Morgan fingerprint density at radius 3 is 2.70 bits per heavy atom. The molecule has 1 heterocycles.